The van der Waals surface area contributed by atoms with E-state index in [0.29, 0.717) is 23.4 Å². The van der Waals surface area contributed by atoms with E-state index in [1.54, 1.807) is 25.3 Å². The van der Waals surface area contributed by atoms with Crippen LogP contribution in [-0.2, 0) is 0 Å². The molecule has 19 heavy (non-hydrogen) atoms. The summed E-state index contributed by atoms with van der Waals surface area (Å²) in [5, 5.41) is 0. The van der Waals surface area contributed by atoms with Gasteiger partial charge in [-0.15, -0.1) is 0 Å². The Bertz CT molecular complexity index is 660. The normalized spacial score (nSPS) is 13.7. The summed E-state index contributed by atoms with van der Waals surface area (Å²) in [5.41, 5.74) is 3.16. The van der Waals surface area contributed by atoms with Crippen LogP contribution in [-0.4, -0.2) is 18.6 Å². The lowest BCUT2D eigenvalue weighted by Gasteiger charge is -2.15. The number of ether oxygens (including phenoxy) is 1. The molecule has 3 rings (SSSR count). The van der Waals surface area contributed by atoms with Crippen molar-refractivity contribution in [3.05, 3.63) is 59.7 Å². The van der Waals surface area contributed by atoms with Gasteiger partial charge in [0.25, 0.3) is 0 Å². The van der Waals surface area contributed by atoms with Crippen LogP contribution < -0.4 is 4.74 Å². The van der Waals surface area contributed by atoms with E-state index in [4.69, 9.17) is 4.74 Å². The minimum Gasteiger partial charge on any atom is -0.497 e. The largest absolute Gasteiger partial charge is 0.497 e. The number of fused-ring (bicyclic) bond motifs is 1. The molecule has 0 atom stereocenters. The molecule has 1 aliphatic rings. The minimum absolute atomic E-state index is 0.103. The first kappa shape index (κ1) is 11.7. The van der Waals surface area contributed by atoms with Crippen molar-refractivity contribution >= 4 is 17.2 Å². The summed E-state index contributed by atoms with van der Waals surface area (Å²) in [6, 6.07) is 15.2. The van der Waals surface area contributed by atoms with Crippen LogP contribution in [0.15, 0.2) is 53.5 Å². The van der Waals surface area contributed by atoms with Crippen molar-refractivity contribution in [3.8, 4) is 5.75 Å². The van der Waals surface area contributed by atoms with Gasteiger partial charge < -0.3 is 4.74 Å². The topological polar surface area (TPSA) is 38.7 Å². The number of benzene rings is 2. The van der Waals surface area contributed by atoms with Crippen molar-refractivity contribution in [1.82, 2.24) is 0 Å². The average molecular weight is 251 g/mol. The highest BCUT2D eigenvalue weighted by Gasteiger charge is 2.21. The number of Topliss-reactive ketones (excluding diaryl/α,β-unsaturated/α-hetero) is 1. The Labute approximate surface area is 111 Å². The molecular weight excluding hydrogens is 238 g/mol. The quantitative estimate of drug-likeness (QED) is 0.820. The van der Waals surface area contributed by atoms with Crippen LogP contribution >= 0.6 is 0 Å². The van der Waals surface area contributed by atoms with E-state index in [1.807, 2.05) is 30.3 Å². The number of aliphatic imine (C=N–C) groups is 1. The predicted octanol–water partition coefficient (Wildman–Crippen LogP) is 3.40. The maximum atomic E-state index is 12.1. The van der Waals surface area contributed by atoms with Gasteiger partial charge in [0.2, 0.25) is 0 Å². The summed E-state index contributed by atoms with van der Waals surface area (Å²) in [7, 11) is 1.61. The number of nitrogens with zero attached hydrogens (tertiary/aromatic N) is 1. The summed E-state index contributed by atoms with van der Waals surface area (Å²) in [4.78, 5) is 16.7. The number of carbonyl (C=O) groups excluding carboxylic acids is 1. The van der Waals surface area contributed by atoms with Crippen LogP contribution in [0.25, 0.3) is 0 Å². The monoisotopic (exact) mass is 251 g/mol. The van der Waals surface area contributed by atoms with Gasteiger partial charge in [-0.25, -0.2) is 0 Å². The van der Waals surface area contributed by atoms with Crippen LogP contribution in [0.2, 0.25) is 0 Å². The van der Waals surface area contributed by atoms with Crippen LogP contribution in [0.3, 0.4) is 0 Å². The molecule has 0 fully saturated rings. The second kappa shape index (κ2) is 4.69. The maximum absolute atomic E-state index is 12.1. The summed E-state index contributed by atoms with van der Waals surface area (Å²) in [5.74, 6) is 0.816. The number of hydrogen-bond donors (Lipinski definition) is 0. The second-order valence-corrected chi connectivity index (χ2v) is 4.41. The van der Waals surface area contributed by atoms with Crippen molar-refractivity contribution in [3.63, 3.8) is 0 Å². The number of carbonyl (C=O) groups is 1. The van der Waals surface area contributed by atoms with Crippen molar-refractivity contribution in [2.75, 3.05) is 7.11 Å². The Morgan fingerprint density at radius 2 is 1.89 bits per heavy atom. The Hall–Kier alpha value is -2.42. The molecule has 0 aliphatic carbocycles. The molecule has 1 heterocycles. The fourth-order valence-electron chi connectivity index (χ4n) is 2.20. The Morgan fingerprint density at radius 1 is 1.11 bits per heavy atom. The molecule has 0 N–H and O–H groups in total. The third kappa shape index (κ3) is 2.15. The molecule has 0 amide bonds. The first-order valence-electron chi connectivity index (χ1n) is 6.12. The van der Waals surface area contributed by atoms with Crippen molar-refractivity contribution in [2.45, 2.75) is 6.42 Å². The minimum atomic E-state index is 0.103. The summed E-state index contributed by atoms with van der Waals surface area (Å²) in [6.45, 7) is 0. The van der Waals surface area contributed by atoms with E-state index in [1.165, 1.54) is 0 Å². The lowest BCUT2D eigenvalue weighted by atomic mass is 9.96. The molecule has 0 radical (unpaired) electrons. The first-order valence-corrected chi connectivity index (χ1v) is 6.12. The van der Waals surface area contributed by atoms with Gasteiger partial charge in [-0.3, -0.25) is 9.79 Å². The van der Waals surface area contributed by atoms with Gasteiger partial charge in [0.05, 0.1) is 24.9 Å². The van der Waals surface area contributed by atoms with Crippen LogP contribution in [0, 0.1) is 0 Å². The SMILES string of the molecule is COc1ccc2c(c1)N=C(c1ccccc1)CC2=O. The second-order valence-electron chi connectivity index (χ2n) is 4.41. The summed E-state index contributed by atoms with van der Waals surface area (Å²) < 4.78 is 5.18. The number of ketones is 1. The molecule has 1 aliphatic heterocycles. The van der Waals surface area contributed by atoms with E-state index in [0.717, 1.165) is 11.3 Å². The van der Waals surface area contributed by atoms with E-state index in [2.05, 4.69) is 4.99 Å². The van der Waals surface area contributed by atoms with Gasteiger partial charge in [0, 0.05) is 11.6 Å². The van der Waals surface area contributed by atoms with Crippen molar-refractivity contribution in [2.24, 2.45) is 4.99 Å². The molecule has 0 unspecified atom stereocenters. The lowest BCUT2D eigenvalue weighted by Crippen LogP contribution is -2.14. The molecule has 0 aromatic heterocycles. The number of hydrogen-bond acceptors (Lipinski definition) is 3. The third-order valence-corrected chi connectivity index (χ3v) is 3.20. The summed E-state index contributed by atoms with van der Waals surface area (Å²) >= 11 is 0. The Kier molecular flexibility index (Phi) is 2.88. The van der Waals surface area contributed by atoms with E-state index >= 15 is 0 Å². The zero-order valence-electron chi connectivity index (χ0n) is 10.6. The van der Waals surface area contributed by atoms with Gasteiger partial charge in [-0.1, -0.05) is 30.3 Å². The zero-order valence-corrected chi connectivity index (χ0v) is 10.6. The highest BCUT2D eigenvalue weighted by atomic mass is 16.5. The fraction of sp³-hybridized carbons (Fsp3) is 0.125. The molecule has 0 saturated heterocycles. The number of rotatable bonds is 2. The zero-order chi connectivity index (χ0) is 13.2. The molecule has 0 bridgehead atoms. The van der Waals surface area contributed by atoms with Gasteiger partial charge in [-0.05, 0) is 17.7 Å². The highest BCUT2D eigenvalue weighted by Crippen LogP contribution is 2.31. The van der Waals surface area contributed by atoms with Crippen molar-refractivity contribution in [1.29, 1.82) is 0 Å². The maximum Gasteiger partial charge on any atom is 0.171 e. The summed E-state index contributed by atoms with van der Waals surface area (Å²) in [6.07, 6.45) is 0.351. The Morgan fingerprint density at radius 3 is 2.63 bits per heavy atom. The van der Waals surface area contributed by atoms with E-state index in [-0.39, 0.29) is 5.78 Å². The van der Waals surface area contributed by atoms with E-state index in [9.17, 15) is 4.79 Å². The molecule has 0 spiro atoms. The van der Waals surface area contributed by atoms with Gasteiger partial charge in [-0.2, -0.15) is 0 Å². The van der Waals surface area contributed by atoms with Crippen LogP contribution in [0.1, 0.15) is 22.3 Å². The van der Waals surface area contributed by atoms with Crippen LogP contribution in [0.4, 0.5) is 5.69 Å². The van der Waals surface area contributed by atoms with Gasteiger partial charge >= 0.3 is 0 Å². The molecule has 2 aromatic rings. The third-order valence-electron chi connectivity index (χ3n) is 3.20. The first-order chi connectivity index (χ1) is 9.28. The van der Waals surface area contributed by atoms with E-state index < -0.39 is 0 Å². The Balaban J connectivity index is 2.10. The highest BCUT2D eigenvalue weighted by molar-refractivity contribution is 6.20. The molecule has 94 valence electrons. The average Bonchev–Trinajstić information content (AvgIpc) is 2.47. The fourth-order valence-corrected chi connectivity index (χ4v) is 2.20. The molecular formula is C16H13NO2. The molecule has 3 nitrogen and oxygen atoms in total. The molecule has 0 saturated carbocycles. The van der Waals surface area contributed by atoms with Gasteiger partial charge in [0.15, 0.2) is 5.78 Å². The van der Waals surface area contributed by atoms with Gasteiger partial charge in [0.1, 0.15) is 5.75 Å². The lowest BCUT2D eigenvalue weighted by molar-refractivity contribution is 0.1000. The molecule has 2 aromatic carbocycles. The standard InChI is InChI=1S/C16H13NO2/c1-19-12-7-8-13-15(9-12)17-14(10-16(13)18)11-5-3-2-4-6-11/h2-9H,10H2,1H3. The predicted molar refractivity (Wildman–Crippen MR) is 74.6 cm³/mol. The van der Waals surface area contributed by atoms with Crippen LogP contribution in [0.5, 0.6) is 5.75 Å². The smallest absolute Gasteiger partial charge is 0.171 e. The number of methoxy groups -OCH3 is 1. The molecule has 3 heteroatoms. The van der Waals surface area contributed by atoms with Crippen molar-refractivity contribution < 1.29 is 9.53 Å².